The number of rotatable bonds is 4. The zero-order chi connectivity index (χ0) is 14.7. The number of nitrogens with zero attached hydrogens (tertiary/aromatic N) is 2. The molecular weight excluding hydrogens is 262 g/mol. The number of pyridine rings is 1. The first-order valence-corrected chi connectivity index (χ1v) is 7.66. The standard InChI is InChI=1S/C17H23N3O/c1-3-18-12-16-17(20(2)8-9-21-16)15-11-19-10-13-6-4-5-7-14(13)15/h4-7,10-11,16-18H,3,8-9,12H2,1-2H3. The minimum absolute atomic E-state index is 0.163. The number of hydrogen-bond donors (Lipinski definition) is 1. The Bertz CT molecular complexity index is 596. The maximum atomic E-state index is 6.03. The van der Waals surface area contributed by atoms with E-state index >= 15 is 0 Å². The molecule has 2 aromatic rings. The molecule has 1 fully saturated rings. The van der Waals surface area contributed by atoms with Crippen LogP contribution in [0.1, 0.15) is 18.5 Å². The van der Waals surface area contributed by atoms with Crippen molar-refractivity contribution in [3.63, 3.8) is 0 Å². The maximum absolute atomic E-state index is 6.03. The number of aromatic nitrogens is 1. The van der Waals surface area contributed by atoms with E-state index in [0.717, 1.165) is 26.2 Å². The van der Waals surface area contributed by atoms with E-state index in [9.17, 15) is 0 Å². The van der Waals surface area contributed by atoms with Gasteiger partial charge in [0.1, 0.15) is 0 Å². The Balaban J connectivity index is 2.00. The molecule has 2 heterocycles. The minimum atomic E-state index is 0.163. The van der Waals surface area contributed by atoms with Crippen molar-refractivity contribution in [2.75, 3.05) is 33.3 Å². The van der Waals surface area contributed by atoms with Crippen molar-refractivity contribution >= 4 is 10.8 Å². The van der Waals surface area contributed by atoms with Crippen LogP contribution in [0.15, 0.2) is 36.7 Å². The SMILES string of the molecule is CCNCC1OCCN(C)C1c1cncc2ccccc12. The molecule has 4 heteroatoms. The van der Waals surface area contributed by atoms with Gasteiger partial charge in [-0.25, -0.2) is 0 Å². The summed E-state index contributed by atoms with van der Waals surface area (Å²) in [6.45, 7) is 5.71. The molecule has 4 nitrogen and oxygen atoms in total. The van der Waals surface area contributed by atoms with Crippen LogP contribution >= 0.6 is 0 Å². The highest BCUT2D eigenvalue weighted by Crippen LogP contribution is 2.32. The Labute approximate surface area is 126 Å². The molecule has 1 saturated heterocycles. The number of nitrogens with one attached hydrogen (secondary N) is 1. The molecule has 0 amide bonds. The average Bonchev–Trinajstić information content (AvgIpc) is 2.52. The predicted molar refractivity (Wildman–Crippen MR) is 85.4 cm³/mol. The van der Waals surface area contributed by atoms with E-state index in [-0.39, 0.29) is 12.1 Å². The van der Waals surface area contributed by atoms with Crippen LogP contribution in [0.2, 0.25) is 0 Å². The fourth-order valence-electron chi connectivity index (χ4n) is 3.13. The Morgan fingerprint density at radius 2 is 2.19 bits per heavy atom. The largest absolute Gasteiger partial charge is 0.374 e. The van der Waals surface area contributed by atoms with Crippen LogP contribution < -0.4 is 5.32 Å². The van der Waals surface area contributed by atoms with Crippen LogP contribution in [0, 0.1) is 0 Å². The first kappa shape index (κ1) is 14.4. The zero-order valence-corrected chi connectivity index (χ0v) is 12.7. The molecule has 1 aliphatic heterocycles. The second-order valence-corrected chi connectivity index (χ2v) is 5.59. The number of ether oxygens (including phenoxy) is 1. The average molecular weight is 285 g/mol. The van der Waals surface area contributed by atoms with Crippen LogP contribution in [0.4, 0.5) is 0 Å². The van der Waals surface area contributed by atoms with E-state index in [2.05, 4.69) is 53.4 Å². The normalized spacial score (nSPS) is 23.5. The highest BCUT2D eigenvalue weighted by Gasteiger charge is 2.32. The number of morpholine rings is 1. The van der Waals surface area contributed by atoms with Crippen molar-refractivity contribution < 1.29 is 4.74 Å². The summed E-state index contributed by atoms with van der Waals surface area (Å²) >= 11 is 0. The molecule has 1 N–H and O–H groups in total. The highest BCUT2D eigenvalue weighted by molar-refractivity contribution is 5.85. The molecule has 0 spiro atoms. The Morgan fingerprint density at radius 3 is 3.05 bits per heavy atom. The summed E-state index contributed by atoms with van der Waals surface area (Å²) in [5, 5.41) is 5.88. The third-order valence-corrected chi connectivity index (χ3v) is 4.22. The van der Waals surface area contributed by atoms with Crippen LogP contribution in [0.5, 0.6) is 0 Å². The topological polar surface area (TPSA) is 37.4 Å². The quantitative estimate of drug-likeness (QED) is 0.934. The van der Waals surface area contributed by atoms with Gasteiger partial charge < -0.3 is 10.1 Å². The van der Waals surface area contributed by atoms with Crippen LogP contribution in [-0.2, 0) is 4.74 Å². The monoisotopic (exact) mass is 285 g/mol. The summed E-state index contributed by atoms with van der Waals surface area (Å²) in [7, 11) is 2.17. The summed E-state index contributed by atoms with van der Waals surface area (Å²) in [5.41, 5.74) is 1.26. The molecule has 2 atom stereocenters. The second kappa shape index (κ2) is 6.52. The van der Waals surface area contributed by atoms with Gasteiger partial charge in [-0.3, -0.25) is 9.88 Å². The summed E-state index contributed by atoms with van der Waals surface area (Å²) in [5.74, 6) is 0. The van der Waals surface area contributed by atoms with Crippen LogP contribution in [0.3, 0.4) is 0 Å². The lowest BCUT2D eigenvalue weighted by Gasteiger charge is -2.39. The third-order valence-electron chi connectivity index (χ3n) is 4.22. The summed E-state index contributed by atoms with van der Waals surface area (Å²) < 4.78 is 6.03. The maximum Gasteiger partial charge on any atom is 0.0897 e. The molecule has 3 rings (SSSR count). The van der Waals surface area contributed by atoms with E-state index in [1.807, 2.05) is 12.4 Å². The van der Waals surface area contributed by atoms with E-state index < -0.39 is 0 Å². The van der Waals surface area contributed by atoms with Crippen molar-refractivity contribution in [3.8, 4) is 0 Å². The van der Waals surface area contributed by atoms with E-state index in [4.69, 9.17) is 4.74 Å². The van der Waals surface area contributed by atoms with Crippen molar-refractivity contribution in [2.24, 2.45) is 0 Å². The lowest BCUT2D eigenvalue weighted by Crippen LogP contribution is -2.47. The van der Waals surface area contributed by atoms with Gasteiger partial charge in [0.25, 0.3) is 0 Å². The van der Waals surface area contributed by atoms with Crippen LogP contribution in [-0.4, -0.2) is 49.3 Å². The van der Waals surface area contributed by atoms with E-state index in [1.54, 1.807) is 0 Å². The van der Waals surface area contributed by atoms with Gasteiger partial charge in [0.2, 0.25) is 0 Å². The smallest absolute Gasteiger partial charge is 0.0897 e. The molecule has 0 radical (unpaired) electrons. The molecule has 0 saturated carbocycles. The van der Waals surface area contributed by atoms with Gasteiger partial charge in [-0.15, -0.1) is 0 Å². The minimum Gasteiger partial charge on any atom is -0.374 e. The van der Waals surface area contributed by atoms with Gasteiger partial charge in [0, 0.05) is 30.9 Å². The van der Waals surface area contributed by atoms with Crippen molar-refractivity contribution in [2.45, 2.75) is 19.1 Å². The Kier molecular flexibility index (Phi) is 4.48. The second-order valence-electron chi connectivity index (χ2n) is 5.59. The van der Waals surface area contributed by atoms with E-state index in [0.29, 0.717) is 0 Å². The fourth-order valence-corrected chi connectivity index (χ4v) is 3.13. The zero-order valence-electron chi connectivity index (χ0n) is 12.7. The number of hydrogen-bond acceptors (Lipinski definition) is 4. The van der Waals surface area contributed by atoms with Gasteiger partial charge in [0.15, 0.2) is 0 Å². The summed E-state index contributed by atoms with van der Waals surface area (Å²) in [6, 6.07) is 8.70. The van der Waals surface area contributed by atoms with Gasteiger partial charge in [-0.05, 0) is 24.5 Å². The molecule has 1 aliphatic rings. The Hall–Kier alpha value is -1.49. The first-order valence-electron chi connectivity index (χ1n) is 7.66. The lowest BCUT2D eigenvalue weighted by atomic mass is 9.95. The molecule has 0 bridgehead atoms. The van der Waals surface area contributed by atoms with Gasteiger partial charge in [0.05, 0.1) is 18.8 Å². The highest BCUT2D eigenvalue weighted by atomic mass is 16.5. The molecule has 21 heavy (non-hydrogen) atoms. The Morgan fingerprint density at radius 1 is 1.33 bits per heavy atom. The molecule has 2 unspecified atom stereocenters. The van der Waals surface area contributed by atoms with Crippen molar-refractivity contribution in [1.82, 2.24) is 15.2 Å². The van der Waals surface area contributed by atoms with Crippen molar-refractivity contribution in [1.29, 1.82) is 0 Å². The predicted octanol–water partition coefficient (Wildman–Crippen LogP) is 2.22. The third kappa shape index (κ3) is 2.93. The lowest BCUT2D eigenvalue weighted by molar-refractivity contribution is -0.0607. The van der Waals surface area contributed by atoms with Gasteiger partial charge in [-0.2, -0.15) is 0 Å². The number of fused-ring (bicyclic) bond motifs is 1. The van der Waals surface area contributed by atoms with E-state index in [1.165, 1.54) is 16.3 Å². The summed E-state index contributed by atoms with van der Waals surface area (Å²) in [6.07, 6.45) is 4.09. The number of benzene rings is 1. The van der Waals surface area contributed by atoms with Gasteiger partial charge >= 0.3 is 0 Å². The van der Waals surface area contributed by atoms with Gasteiger partial charge in [-0.1, -0.05) is 31.2 Å². The molecule has 1 aromatic heterocycles. The molecule has 1 aromatic carbocycles. The number of likely N-dealkylation sites (N-methyl/N-ethyl adjacent to an activating group) is 2. The van der Waals surface area contributed by atoms with Crippen molar-refractivity contribution in [3.05, 3.63) is 42.2 Å². The van der Waals surface area contributed by atoms with Crippen LogP contribution in [0.25, 0.3) is 10.8 Å². The summed E-state index contributed by atoms with van der Waals surface area (Å²) in [4.78, 5) is 6.82. The molecule has 0 aliphatic carbocycles. The first-order chi connectivity index (χ1) is 10.3. The fraction of sp³-hybridized carbons (Fsp3) is 0.471. The molecule has 112 valence electrons. The molecular formula is C17H23N3O.